The van der Waals surface area contributed by atoms with Crippen molar-refractivity contribution in [3.63, 3.8) is 0 Å². The van der Waals surface area contributed by atoms with Gasteiger partial charge in [0.2, 0.25) is 21.8 Å². The lowest BCUT2D eigenvalue weighted by Crippen LogP contribution is -2.38. The van der Waals surface area contributed by atoms with Gasteiger partial charge >= 0.3 is 6.18 Å². The van der Waals surface area contributed by atoms with Gasteiger partial charge in [0.15, 0.2) is 0 Å². The van der Waals surface area contributed by atoms with E-state index < -0.39 is 33.6 Å². The Bertz CT molecular complexity index is 1040. The summed E-state index contributed by atoms with van der Waals surface area (Å²) in [4.78, 5) is 25.7. The number of alkyl halides is 3. The van der Waals surface area contributed by atoms with Crippen LogP contribution in [0.4, 0.5) is 24.5 Å². The molecule has 2 aromatic carbocycles. The van der Waals surface area contributed by atoms with Crippen LogP contribution in [0.5, 0.6) is 0 Å². The van der Waals surface area contributed by atoms with E-state index in [9.17, 15) is 31.2 Å². The van der Waals surface area contributed by atoms with Crippen molar-refractivity contribution in [3.05, 3.63) is 54.1 Å². The van der Waals surface area contributed by atoms with Crippen molar-refractivity contribution in [1.29, 1.82) is 0 Å². The summed E-state index contributed by atoms with van der Waals surface area (Å²) in [5, 5.41) is 9.77. The number of nitrogens with one attached hydrogen (secondary N) is 2. The number of nitrogens with two attached hydrogens (primary N) is 1. The lowest BCUT2D eigenvalue weighted by molar-refractivity contribution is -0.137. The van der Waals surface area contributed by atoms with Crippen molar-refractivity contribution in [2.75, 3.05) is 30.3 Å². The average Bonchev–Trinajstić information content (AvgIpc) is 2.66. The third kappa shape index (κ3) is 7.35. The molecule has 0 saturated carbocycles. The van der Waals surface area contributed by atoms with Crippen LogP contribution in [0.2, 0.25) is 0 Å². The first-order chi connectivity index (χ1) is 14.4. The Morgan fingerprint density at radius 3 is 2.03 bits per heavy atom. The van der Waals surface area contributed by atoms with Crippen LogP contribution in [-0.4, -0.2) is 44.8 Å². The highest BCUT2D eigenvalue weighted by Gasteiger charge is 2.33. The Kier molecular flexibility index (Phi) is 7.76. The SMILES string of the molecule is CCN(CC(=O)Nc1ccc(S(N)(=O)=O)cc1)CC(=O)Nc1ccccc1C(F)(F)F. The molecule has 0 bridgehead atoms. The Balaban J connectivity index is 1.96. The Labute approximate surface area is 177 Å². The molecule has 0 atom stereocenters. The second-order valence-corrected chi connectivity index (χ2v) is 8.07. The highest BCUT2D eigenvalue weighted by atomic mass is 32.2. The van der Waals surface area contributed by atoms with Crippen molar-refractivity contribution in [2.24, 2.45) is 5.14 Å². The van der Waals surface area contributed by atoms with Gasteiger partial charge in [-0.3, -0.25) is 14.5 Å². The number of rotatable bonds is 8. The first-order valence-corrected chi connectivity index (χ1v) is 10.6. The van der Waals surface area contributed by atoms with Crippen molar-refractivity contribution >= 4 is 33.2 Å². The van der Waals surface area contributed by atoms with Gasteiger partial charge in [0.1, 0.15) is 0 Å². The van der Waals surface area contributed by atoms with Crippen LogP contribution in [0.15, 0.2) is 53.4 Å². The van der Waals surface area contributed by atoms with Crippen LogP contribution in [0.3, 0.4) is 0 Å². The van der Waals surface area contributed by atoms with Gasteiger partial charge in [-0.2, -0.15) is 13.2 Å². The minimum absolute atomic E-state index is 0.114. The number of hydrogen-bond donors (Lipinski definition) is 3. The largest absolute Gasteiger partial charge is 0.418 e. The second-order valence-electron chi connectivity index (χ2n) is 6.51. The van der Waals surface area contributed by atoms with E-state index in [-0.39, 0.29) is 30.2 Å². The maximum absolute atomic E-state index is 13.0. The molecule has 0 unspecified atom stereocenters. The number of amides is 2. The van der Waals surface area contributed by atoms with E-state index >= 15 is 0 Å². The summed E-state index contributed by atoms with van der Waals surface area (Å²) in [6.45, 7) is 1.46. The number of anilines is 2. The van der Waals surface area contributed by atoms with E-state index in [0.717, 1.165) is 12.1 Å². The monoisotopic (exact) mass is 458 g/mol. The summed E-state index contributed by atoms with van der Waals surface area (Å²) < 4.78 is 61.6. The minimum Gasteiger partial charge on any atom is -0.325 e. The molecular weight excluding hydrogens is 437 g/mol. The summed E-state index contributed by atoms with van der Waals surface area (Å²) in [5.41, 5.74) is -1.01. The van der Waals surface area contributed by atoms with E-state index in [1.165, 1.54) is 41.3 Å². The van der Waals surface area contributed by atoms with Gasteiger partial charge in [0.05, 0.1) is 29.2 Å². The number of primary sulfonamides is 1. The van der Waals surface area contributed by atoms with Crippen LogP contribution in [0.1, 0.15) is 12.5 Å². The first-order valence-electron chi connectivity index (χ1n) is 9.01. The van der Waals surface area contributed by atoms with E-state index in [0.29, 0.717) is 5.69 Å². The van der Waals surface area contributed by atoms with E-state index in [1.807, 2.05) is 0 Å². The number of nitrogens with zero attached hydrogens (tertiary/aromatic N) is 1. The summed E-state index contributed by atoms with van der Waals surface area (Å²) >= 11 is 0. The summed E-state index contributed by atoms with van der Waals surface area (Å²) in [6, 6.07) is 9.77. The molecule has 0 radical (unpaired) electrons. The van der Waals surface area contributed by atoms with Gasteiger partial charge in [-0.05, 0) is 42.9 Å². The lowest BCUT2D eigenvalue weighted by Gasteiger charge is -2.20. The highest BCUT2D eigenvalue weighted by molar-refractivity contribution is 7.89. The molecule has 2 rings (SSSR count). The predicted octanol–water partition coefficient (Wildman–Crippen LogP) is 2.25. The molecule has 0 heterocycles. The first kappa shape index (κ1) is 24.3. The van der Waals surface area contributed by atoms with Gasteiger partial charge in [-0.25, -0.2) is 13.6 Å². The fraction of sp³-hybridized carbons (Fsp3) is 0.263. The normalized spacial score (nSPS) is 11.9. The smallest absolute Gasteiger partial charge is 0.325 e. The number of para-hydroxylation sites is 1. The standard InChI is InChI=1S/C19H21F3N4O4S/c1-2-26(11-17(27)24-13-7-9-14(10-8-13)31(23,29)30)12-18(28)25-16-6-4-3-5-15(16)19(20,21)22/h3-10H,2,11-12H2,1H3,(H,24,27)(H,25,28)(H2,23,29,30). The molecule has 168 valence electrons. The molecule has 31 heavy (non-hydrogen) atoms. The maximum atomic E-state index is 13.0. The average molecular weight is 458 g/mol. The van der Waals surface area contributed by atoms with Crippen molar-refractivity contribution in [1.82, 2.24) is 4.90 Å². The Hall–Kier alpha value is -2.96. The summed E-state index contributed by atoms with van der Waals surface area (Å²) in [7, 11) is -3.86. The number of sulfonamides is 1. The van der Waals surface area contributed by atoms with Crippen molar-refractivity contribution in [2.45, 2.75) is 18.0 Å². The number of benzene rings is 2. The molecule has 0 spiro atoms. The van der Waals surface area contributed by atoms with Crippen LogP contribution in [0, 0.1) is 0 Å². The molecule has 0 aliphatic carbocycles. The zero-order valence-corrected chi connectivity index (χ0v) is 17.3. The van der Waals surface area contributed by atoms with E-state index in [4.69, 9.17) is 5.14 Å². The third-order valence-electron chi connectivity index (χ3n) is 4.15. The molecule has 12 heteroatoms. The molecule has 0 fully saturated rings. The number of hydrogen-bond acceptors (Lipinski definition) is 5. The summed E-state index contributed by atoms with van der Waals surface area (Å²) in [6.07, 6.45) is -4.62. The number of carbonyl (C=O) groups is 2. The minimum atomic E-state index is -4.62. The zero-order chi connectivity index (χ0) is 23.2. The Morgan fingerprint density at radius 2 is 1.52 bits per heavy atom. The quantitative estimate of drug-likeness (QED) is 0.560. The molecule has 8 nitrogen and oxygen atoms in total. The second kappa shape index (κ2) is 9.90. The van der Waals surface area contributed by atoms with Crippen LogP contribution >= 0.6 is 0 Å². The fourth-order valence-corrected chi connectivity index (χ4v) is 3.16. The molecule has 0 aliphatic rings. The molecule has 0 aliphatic heterocycles. The van der Waals surface area contributed by atoms with Crippen LogP contribution in [-0.2, 0) is 25.8 Å². The number of likely N-dealkylation sites (N-methyl/N-ethyl adjacent to an activating group) is 1. The summed E-state index contributed by atoms with van der Waals surface area (Å²) in [5.74, 6) is -1.20. The fourth-order valence-electron chi connectivity index (χ4n) is 2.64. The van der Waals surface area contributed by atoms with Gasteiger partial charge in [0.25, 0.3) is 0 Å². The van der Waals surface area contributed by atoms with Gasteiger partial charge in [0, 0.05) is 5.69 Å². The topological polar surface area (TPSA) is 122 Å². The number of halogens is 3. The maximum Gasteiger partial charge on any atom is 0.418 e. The van der Waals surface area contributed by atoms with E-state index in [2.05, 4.69) is 10.6 Å². The number of carbonyl (C=O) groups excluding carboxylic acids is 2. The predicted molar refractivity (Wildman–Crippen MR) is 109 cm³/mol. The van der Waals surface area contributed by atoms with Gasteiger partial charge in [-0.15, -0.1) is 0 Å². The molecule has 2 aromatic rings. The van der Waals surface area contributed by atoms with Crippen LogP contribution < -0.4 is 15.8 Å². The molecule has 2 amide bonds. The highest BCUT2D eigenvalue weighted by Crippen LogP contribution is 2.34. The third-order valence-corrected chi connectivity index (χ3v) is 5.08. The van der Waals surface area contributed by atoms with Gasteiger partial charge in [-0.1, -0.05) is 19.1 Å². The lowest BCUT2D eigenvalue weighted by atomic mass is 10.1. The molecule has 0 aromatic heterocycles. The molecule has 4 N–H and O–H groups in total. The van der Waals surface area contributed by atoms with Gasteiger partial charge < -0.3 is 10.6 Å². The molecule has 0 saturated heterocycles. The van der Waals surface area contributed by atoms with Crippen LogP contribution in [0.25, 0.3) is 0 Å². The molecular formula is C19H21F3N4O4S. The zero-order valence-electron chi connectivity index (χ0n) is 16.4. The van der Waals surface area contributed by atoms with Crippen molar-refractivity contribution < 1.29 is 31.2 Å². The Morgan fingerprint density at radius 1 is 0.968 bits per heavy atom. The van der Waals surface area contributed by atoms with Crippen molar-refractivity contribution in [3.8, 4) is 0 Å². The van der Waals surface area contributed by atoms with E-state index in [1.54, 1.807) is 6.92 Å².